The molecule has 2 fully saturated rings. The fourth-order valence-corrected chi connectivity index (χ4v) is 4.53. The van der Waals surface area contributed by atoms with E-state index in [0.717, 1.165) is 62.2 Å². The highest BCUT2D eigenvalue weighted by molar-refractivity contribution is 7.11. The number of amides is 1. The molecule has 27 heavy (non-hydrogen) atoms. The second-order valence-electron chi connectivity index (χ2n) is 7.11. The average Bonchev–Trinajstić information content (AvgIpc) is 3.02. The lowest BCUT2D eigenvalue weighted by Gasteiger charge is -2.36. The smallest absolute Gasteiger partial charge is 0.225 e. The molecule has 0 saturated carbocycles. The summed E-state index contributed by atoms with van der Waals surface area (Å²) >= 11 is 1.72. The first kappa shape index (κ1) is 20.1. The summed E-state index contributed by atoms with van der Waals surface area (Å²) in [5.41, 5.74) is 1.08. The van der Waals surface area contributed by atoms with Crippen LogP contribution in [0.5, 0.6) is 0 Å². The number of carbonyl (C=O) groups excluding carboxylic acids is 1. The normalized spacial score (nSPS) is 19.4. The van der Waals surface area contributed by atoms with E-state index in [2.05, 4.69) is 22.1 Å². The number of nitrogens with one attached hydrogen (secondary N) is 1. The Hall–Kier alpha value is -1.67. The summed E-state index contributed by atoms with van der Waals surface area (Å²) in [4.78, 5) is 27.5. The third kappa shape index (κ3) is 5.19. The van der Waals surface area contributed by atoms with Crippen LogP contribution in [0.4, 0.5) is 0 Å². The maximum atomic E-state index is 12.7. The van der Waals surface area contributed by atoms with Crippen molar-refractivity contribution in [3.05, 3.63) is 15.6 Å². The third-order valence-corrected chi connectivity index (χ3v) is 6.23. The van der Waals surface area contributed by atoms with Crippen molar-refractivity contribution in [1.82, 2.24) is 20.1 Å². The van der Waals surface area contributed by atoms with Gasteiger partial charge in [-0.05, 0) is 33.6 Å². The zero-order valence-corrected chi connectivity index (χ0v) is 17.5. The number of morpholine rings is 1. The molecule has 2 saturated heterocycles. The molecule has 0 radical (unpaired) electrons. The Morgan fingerprint density at radius 2 is 1.93 bits per heavy atom. The Morgan fingerprint density at radius 1 is 1.22 bits per heavy atom. The van der Waals surface area contributed by atoms with Gasteiger partial charge in [0.15, 0.2) is 5.96 Å². The van der Waals surface area contributed by atoms with E-state index in [9.17, 15) is 4.79 Å². The Balaban J connectivity index is 1.57. The van der Waals surface area contributed by atoms with Crippen molar-refractivity contribution in [1.29, 1.82) is 0 Å². The molecule has 3 heterocycles. The van der Waals surface area contributed by atoms with Crippen LogP contribution in [0.25, 0.3) is 0 Å². The van der Waals surface area contributed by atoms with Crippen LogP contribution in [-0.4, -0.2) is 72.6 Å². The molecule has 150 valence electrons. The number of aryl methyl sites for hydroxylation is 2. The predicted molar refractivity (Wildman–Crippen MR) is 108 cm³/mol. The number of hydrogen-bond acceptors (Lipinski definition) is 5. The van der Waals surface area contributed by atoms with E-state index in [1.165, 1.54) is 4.88 Å². The Labute approximate surface area is 165 Å². The van der Waals surface area contributed by atoms with Gasteiger partial charge in [0.2, 0.25) is 5.91 Å². The van der Waals surface area contributed by atoms with E-state index < -0.39 is 0 Å². The van der Waals surface area contributed by atoms with Crippen LogP contribution in [0.15, 0.2) is 4.99 Å². The van der Waals surface area contributed by atoms with E-state index in [-0.39, 0.29) is 5.92 Å². The summed E-state index contributed by atoms with van der Waals surface area (Å²) in [7, 11) is 0. The van der Waals surface area contributed by atoms with Gasteiger partial charge in [-0.1, -0.05) is 0 Å². The van der Waals surface area contributed by atoms with Crippen LogP contribution in [0, 0.1) is 19.8 Å². The monoisotopic (exact) mass is 393 g/mol. The number of hydrogen-bond donors (Lipinski definition) is 1. The highest BCUT2D eigenvalue weighted by Crippen LogP contribution is 2.21. The lowest BCUT2D eigenvalue weighted by atomic mass is 9.95. The van der Waals surface area contributed by atoms with Gasteiger partial charge in [0.05, 0.1) is 30.5 Å². The molecule has 1 aromatic heterocycles. The summed E-state index contributed by atoms with van der Waals surface area (Å²) in [5, 5.41) is 4.49. The van der Waals surface area contributed by atoms with Crippen molar-refractivity contribution in [2.75, 3.05) is 45.9 Å². The van der Waals surface area contributed by atoms with Crippen molar-refractivity contribution in [3.63, 3.8) is 0 Å². The molecule has 2 aliphatic heterocycles. The molecule has 8 heteroatoms. The molecule has 0 unspecified atom stereocenters. The molecular weight excluding hydrogens is 362 g/mol. The number of rotatable bonds is 4. The molecule has 3 rings (SSSR count). The van der Waals surface area contributed by atoms with Gasteiger partial charge in [0.25, 0.3) is 0 Å². The Kier molecular flexibility index (Phi) is 7.07. The van der Waals surface area contributed by atoms with Crippen molar-refractivity contribution in [2.24, 2.45) is 10.9 Å². The second-order valence-corrected chi connectivity index (χ2v) is 8.40. The average molecular weight is 394 g/mol. The zero-order chi connectivity index (χ0) is 19.2. The minimum absolute atomic E-state index is 0.133. The van der Waals surface area contributed by atoms with Gasteiger partial charge < -0.3 is 19.9 Å². The minimum Gasteiger partial charge on any atom is -0.378 e. The summed E-state index contributed by atoms with van der Waals surface area (Å²) < 4.78 is 5.36. The van der Waals surface area contributed by atoms with Crippen LogP contribution >= 0.6 is 11.3 Å². The van der Waals surface area contributed by atoms with Crippen molar-refractivity contribution in [2.45, 2.75) is 40.2 Å². The number of carbonyl (C=O) groups is 1. The highest BCUT2D eigenvalue weighted by atomic mass is 32.1. The van der Waals surface area contributed by atoms with Gasteiger partial charge in [-0.25, -0.2) is 9.98 Å². The molecule has 2 aliphatic rings. The van der Waals surface area contributed by atoms with Gasteiger partial charge >= 0.3 is 0 Å². The lowest BCUT2D eigenvalue weighted by molar-refractivity contribution is -0.140. The molecule has 7 nitrogen and oxygen atoms in total. The SMILES string of the molecule is CCNC(=NCc1sc(C)nc1C)N1CCC(C(=O)N2CCOCC2)CC1. The first-order valence-electron chi connectivity index (χ1n) is 9.91. The fraction of sp³-hybridized carbons (Fsp3) is 0.737. The quantitative estimate of drug-likeness (QED) is 0.624. The number of likely N-dealkylation sites (tertiary alicyclic amines) is 1. The Morgan fingerprint density at radius 3 is 2.52 bits per heavy atom. The lowest BCUT2D eigenvalue weighted by Crippen LogP contribution is -2.50. The van der Waals surface area contributed by atoms with Crippen LogP contribution in [0.2, 0.25) is 0 Å². The number of aliphatic imine (C=N–C) groups is 1. The van der Waals surface area contributed by atoms with Crippen LogP contribution < -0.4 is 5.32 Å². The van der Waals surface area contributed by atoms with Crippen molar-refractivity contribution < 1.29 is 9.53 Å². The molecule has 0 aliphatic carbocycles. The topological polar surface area (TPSA) is 70.1 Å². The number of guanidine groups is 1. The highest BCUT2D eigenvalue weighted by Gasteiger charge is 2.30. The van der Waals surface area contributed by atoms with Crippen molar-refractivity contribution >= 4 is 23.2 Å². The van der Waals surface area contributed by atoms with Gasteiger partial charge in [-0.3, -0.25) is 4.79 Å². The number of nitrogens with zero attached hydrogens (tertiary/aromatic N) is 4. The van der Waals surface area contributed by atoms with E-state index in [1.807, 2.05) is 18.7 Å². The van der Waals surface area contributed by atoms with Gasteiger partial charge in [-0.2, -0.15) is 0 Å². The molecular formula is C19H31N5O2S. The summed E-state index contributed by atoms with van der Waals surface area (Å²) in [6.45, 7) is 12.2. The molecule has 1 amide bonds. The number of piperidine rings is 1. The molecule has 0 atom stereocenters. The number of ether oxygens (including phenoxy) is 1. The number of aromatic nitrogens is 1. The number of thiazole rings is 1. The van der Waals surface area contributed by atoms with Crippen molar-refractivity contribution in [3.8, 4) is 0 Å². The van der Waals surface area contributed by atoms with Crippen LogP contribution in [-0.2, 0) is 16.1 Å². The van der Waals surface area contributed by atoms with Gasteiger partial charge in [0.1, 0.15) is 0 Å². The second kappa shape index (κ2) is 9.50. The Bertz CT molecular complexity index is 661. The molecule has 0 bridgehead atoms. The van der Waals surface area contributed by atoms with Crippen LogP contribution in [0.3, 0.4) is 0 Å². The first-order valence-corrected chi connectivity index (χ1v) is 10.7. The fourth-order valence-electron chi connectivity index (χ4n) is 3.67. The summed E-state index contributed by atoms with van der Waals surface area (Å²) in [6, 6.07) is 0. The van der Waals surface area contributed by atoms with Gasteiger partial charge in [-0.15, -0.1) is 11.3 Å². The minimum atomic E-state index is 0.133. The van der Waals surface area contributed by atoms with Crippen LogP contribution in [0.1, 0.15) is 35.3 Å². The molecule has 0 aromatic carbocycles. The van der Waals surface area contributed by atoms with E-state index in [4.69, 9.17) is 9.73 Å². The molecule has 1 aromatic rings. The molecule has 0 spiro atoms. The van der Waals surface area contributed by atoms with E-state index in [0.29, 0.717) is 25.7 Å². The standard InChI is InChI=1S/C19H31N5O2S/c1-4-20-19(21-13-17-14(2)22-15(3)27-17)24-7-5-16(6-8-24)18(25)23-9-11-26-12-10-23/h16H,4-13H2,1-3H3,(H,20,21). The van der Waals surface area contributed by atoms with E-state index >= 15 is 0 Å². The summed E-state index contributed by atoms with van der Waals surface area (Å²) in [6.07, 6.45) is 1.78. The summed E-state index contributed by atoms with van der Waals surface area (Å²) in [5.74, 6) is 1.38. The largest absolute Gasteiger partial charge is 0.378 e. The third-order valence-electron chi connectivity index (χ3n) is 5.17. The molecule has 1 N–H and O–H groups in total. The predicted octanol–water partition coefficient (Wildman–Crippen LogP) is 1.80. The maximum absolute atomic E-state index is 12.7. The zero-order valence-electron chi connectivity index (χ0n) is 16.7. The first-order chi connectivity index (χ1) is 13.1. The van der Waals surface area contributed by atoms with Gasteiger partial charge in [0, 0.05) is 43.5 Å². The maximum Gasteiger partial charge on any atom is 0.225 e. The van der Waals surface area contributed by atoms with E-state index in [1.54, 1.807) is 11.3 Å².